The molecule has 0 amide bonds. The summed E-state index contributed by atoms with van der Waals surface area (Å²) >= 11 is 3.60. The van der Waals surface area contributed by atoms with Crippen LogP contribution in [-0.4, -0.2) is 14.2 Å². The average molecular weight is 297 g/mol. The highest BCUT2D eigenvalue weighted by Gasteiger charge is 2.18. The molecule has 0 aliphatic heterocycles. The van der Waals surface area contributed by atoms with Crippen LogP contribution in [0.1, 0.15) is 16.2 Å². The molecule has 0 saturated carbocycles. The van der Waals surface area contributed by atoms with Gasteiger partial charge in [0, 0.05) is 11.6 Å². The zero-order chi connectivity index (χ0) is 12.3. The van der Waals surface area contributed by atoms with Gasteiger partial charge in [-0.3, -0.25) is 0 Å². The van der Waals surface area contributed by atoms with Crippen LogP contribution >= 0.6 is 15.9 Å². The van der Waals surface area contributed by atoms with E-state index in [2.05, 4.69) is 15.9 Å². The monoisotopic (exact) mass is 296 g/mol. The first-order valence-electron chi connectivity index (χ1n) is 5.15. The molecule has 1 unspecified atom stereocenters. The van der Waals surface area contributed by atoms with Crippen molar-refractivity contribution in [2.45, 2.75) is 4.83 Å². The van der Waals surface area contributed by atoms with Gasteiger partial charge in [-0.15, -0.1) is 0 Å². The second kappa shape index (κ2) is 5.27. The second-order valence-corrected chi connectivity index (χ2v) is 4.40. The van der Waals surface area contributed by atoms with Crippen molar-refractivity contribution in [3.63, 3.8) is 0 Å². The van der Waals surface area contributed by atoms with E-state index in [-0.39, 0.29) is 4.83 Å². The Labute approximate surface area is 108 Å². The van der Waals surface area contributed by atoms with Gasteiger partial charge in [0.1, 0.15) is 22.1 Å². The number of benzene rings is 1. The van der Waals surface area contributed by atoms with E-state index in [0.717, 1.165) is 22.8 Å². The number of furan rings is 1. The van der Waals surface area contributed by atoms with Crippen LogP contribution in [0.2, 0.25) is 0 Å². The largest absolute Gasteiger partial charge is 0.497 e. The van der Waals surface area contributed by atoms with E-state index < -0.39 is 0 Å². The van der Waals surface area contributed by atoms with Crippen molar-refractivity contribution in [1.29, 1.82) is 0 Å². The molecule has 4 heteroatoms. The first-order valence-corrected chi connectivity index (χ1v) is 6.07. The normalized spacial score (nSPS) is 12.2. The van der Waals surface area contributed by atoms with Crippen LogP contribution in [0.15, 0.2) is 41.0 Å². The van der Waals surface area contributed by atoms with Crippen molar-refractivity contribution in [1.82, 2.24) is 0 Å². The molecule has 1 aromatic heterocycles. The highest BCUT2D eigenvalue weighted by atomic mass is 79.9. The van der Waals surface area contributed by atoms with Crippen molar-refractivity contribution in [2.24, 2.45) is 0 Å². The van der Waals surface area contributed by atoms with Gasteiger partial charge in [-0.2, -0.15) is 0 Å². The lowest BCUT2D eigenvalue weighted by Crippen LogP contribution is -1.96. The first kappa shape index (κ1) is 12.0. The summed E-state index contributed by atoms with van der Waals surface area (Å²) in [5.74, 6) is 2.38. The van der Waals surface area contributed by atoms with Crippen LogP contribution in [0.5, 0.6) is 11.5 Å². The number of hydrogen-bond donors (Lipinski definition) is 0. The van der Waals surface area contributed by atoms with Gasteiger partial charge in [0.25, 0.3) is 0 Å². The molecular weight excluding hydrogens is 284 g/mol. The van der Waals surface area contributed by atoms with Crippen molar-refractivity contribution in [3.8, 4) is 11.5 Å². The number of halogens is 1. The summed E-state index contributed by atoms with van der Waals surface area (Å²) in [6.45, 7) is 0. The second-order valence-electron chi connectivity index (χ2n) is 3.49. The van der Waals surface area contributed by atoms with E-state index >= 15 is 0 Å². The number of ether oxygens (including phenoxy) is 2. The fourth-order valence-electron chi connectivity index (χ4n) is 1.62. The van der Waals surface area contributed by atoms with E-state index in [0.29, 0.717) is 0 Å². The Hall–Kier alpha value is -1.42. The summed E-state index contributed by atoms with van der Waals surface area (Å²) in [7, 11) is 3.27. The van der Waals surface area contributed by atoms with Crippen LogP contribution in [-0.2, 0) is 0 Å². The number of alkyl halides is 1. The van der Waals surface area contributed by atoms with Crippen LogP contribution in [0.25, 0.3) is 0 Å². The molecule has 2 rings (SSSR count). The minimum absolute atomic E-state index is 0.0293. The van der Waals surface area contributed by atoms with Gasteiger partial charge in [-0.25, -0.2) is 0 Å². The molecule has 0 radical (unpaired) electrons. The standard InChI is InChI=1S/C13H13BrO3/c1-15-9-5-6-10(12(8-9)16-2)13(14)11-4-3-7-17-11/h3-8,13H,1-2H3. The van der Waals surface area contributed by atoms with Gasteiger partial charge < -0.3 is 13.9 Å². The van der Waals surface area contributed by atoms with E-state index in [1.165, 1.54) is 0 Å². The summed E-state index contributed by atoms with van der Waals surface area (Å²) in [5, 5.41) is 0. The SMILES string of the molecule is COc1ccc(C(Br)c2ccco2)c(OC)c1. The van der Waals surface area contributed by atoms with Gasteiger partial charge in [0.05, 0.1) is 20.5 Å². The van der Waals surface area contributed by atoms with Crippen LogP contribution in [0, 0.1) is 0 Å². The molecule has 0 fully saturated rings. The van der Waals surface area contributed by atoms with Crippen molar-refractivity contribution in [3.05, 3.63) is 47.9 Å². The molecule has 0 aliphatic carbocycles. The zero-order valence-corrected chi connectivity index (χ0v) is 11.2. The Balaban J connectivity index is 2.38. The van der Waals surface area contributed by atoms with Crippen molar-refractivity contribution in [2.75, 3.05) is 14.2 Å². The molecule has 3 nitrogen and oxygen atoms in total. The molecular formula is C13H13BrO3. The maximum atomic E-state index is 5.37. The lowest BCUT2D eigenvalue weighted by atomic mass is 10.1. The number of rotatable bonds is 4. The topological polar surface area (TPSA) is 31.6 Å². The third-order valence-electron chi connectivity index (χ3n) is 2.51. The van der Waals surface area contributed by atoms with Gasteiger partial charge in [-0.1, -0.05) is 22.0 Å². The molecule has 2 aromatic rings. The average Bonchev–Trinajstić information content (AvgIpc) is 2.91. The molecule has 1 aromatic carbocycles. The third kappa shape index (κ3) is 2.47. The smallest absolute Gasteiger partial charge is 0.127 e. The fraction of sp³-hybridized carbons (Fsp3) is 0.231. The Morgan fingerprint density at radius 1 is 1.18 bits per heavy atom. The van der Waals surface area contributed by atoms with Crippen LogP contribution in [0.4, 0.5) is 0 Å². The summed E-state index contributed by atoms with van der Waals surface area (Å²) in [5.41, 5.74) is 1.00. The van der Waals surface area contributed by atoms with Crippen LogP contribution in [0.3, 0.4) is 0 Å². The molecule has 0 bridgehead atoms. The van der Waals surface area contributed by atoms with Gasteiger partial charge in [-0.05, 0) is 18.2 Å². The predicted molar refractivity (Wildman–Crippen MR) is 69.0 cm³/mol. The highest BCUT2D eigenvalue weighted by Crippen LogP contribution is 2.38. The molecule has 17 heavy (non-hydrogen) atoms. The lowest BCUT2D eigenvalue weighted by molar-refractivity contribution is 0.390. The maximum Gasteiger partial charge on any atom is 0.127 e. The van der Waals surface area contributed by atoms with Gasteiger partial charge in [0.15, 0.2) is 0 Å². The summed E-state index contributed by atoms with van der Waals surface area (Å²) in [6.07, 6.45) is 1.65. The van der Waals surface area contributed by atoms with Gasteiger partial charge >= 0.3 is 0 Å². The first-order chi connectivity index (χ1) is 8.26. The molecule has 1 heterocycles. The summed E-state index contributed by atoms with van der Waals surface area (Å²) in [6, 6.07) is 9.49. The zero-order valence-electron chi connectivity index (χ0n) is 9.64. The predicted octanol–water partition coefficient (Wildman–Crippen LogP) is 3.78. The maximum absolute atomic E-state index is 5.37. The Morgan fingerprint density at radius 2 is 2.00 bits per heavy atom. The fourth-order valence-corrected chi connectivity index (χ4v) is 2.26. The lowest BCUT2D eigenvalue weighted by Gasteiger charge is -2.13. The molecule has 0 spiro atoms. The molecule has 0 saturated heterocycles. The van der Waals surface area contributed by atoms with Crippen LogP contribution < -0.4 is 9.47 Å². The summed E-state index contributed by atoms with van der Waals surface area (Å²) in [4.78, 5) is -0.0293. The van der Waals surface area contributed by atoms with E-state index in [1.54, 1.807) is 20.5 Å². The van der Waals surface area contributed by atoms with E-state index in [1.807, 2.05) is 30.3 Å². The van der Waals surface area contributed by atoms with Crippen molar-refractivity contribution < 1.29 is 13.9 Å². The molecule has 0 N–H and O–H groups in total. The van der Waals surface area contributed by atoms with E-state index in [9.17, 15) is 0 Å². The van der Waals surface area contributed by atoms with E-state index in [4.69, 9.17) is 13.9 Å². The minimum Gasteiger partial charge on any atom is -0.497 e. The quantitative estimate of drug-likeness (QED) is 0.805. The van der Waals surface area contributed by atoms with Gasteiger partial charge in [0.2, 0.25) is 0 Å². The highest BCUT2D eigenvalue weighted by molar-refractivity contribution is 9.09. The minimum atomic E-state index is -0.0293. The third-order valence-corrected chi connectivity index (χ3v) is 3.45. The Kier molecular flexibility index (Phi) is 3.74. The number of methoxy groups -OCH3 is 2. The Bertz CT molecular complexity index is 479. The molecule has 0 aliphatic rings. The molecule has 90 valence electrons. The number of hydrogen-bond acceptors (Lipinski definition) is 3. The van der Waals surface area contributed by atoms with Crippen molar-refractivity contribution >= 4 is 15.9 Å². The summed E-state index contributed by atoms with van der Waals surface area (Å²) < 4.78 is 15.9. The Morgan fingerprint density at radius 3 is 2.59 bits per heavy atom. The molecule has 1 atom stereocenters.